The Hall–Kier alpha value is -2.32. The van der Waals surface area contributed by atoms with Gasteiger partial charge in [-0.15, -0.1) is 0 Å². The molecule has 8 nitrogen and oxygen atoms in total. The van der Waals surface area contributed by atoms with E-state index in [-0.39, 0.29) is 18.6 Å². The summed E-state index contributed by atoms with van der Waals surface area (Å²) in [5.74, 6) is 1.10. The zero-order chi connectivity index (χ0) is 18.0. The molecule has 1 fully saturated rings. The fraction of sp³-hybridized carbons (Fsp3) is 0.529. The molecule has 3 heterocycles. The van der Waals surface area contributed by atoms with Gasteiger partial charge in [-0.2, -0.15) is 0 Å². The summed E-state index contributed by atoms with van der Waals surface area (Å²) in [5, 5.41) is 3.92. The molecule has 1 atom stereocenters. The Labute approximate surface area is 146 Å². The Morgan fingerprint density at radius 2 is 2.16 bits per heavy atom. The highest BCUT2D eigenvalue weighted by atomic mass is 16.5. The van der Waals surface area contributed by atoms with Crippen LogP contribution in [0.3, 0.4) is 0 Å². The van der Waals surface area contributed by atoms with Crippen molar-refractivity contribution in [2.24, 2.45) is 0 Å². The van der Waals surface area contributed by atoms with Gasteiger partial charge in [0.2, 0.25) is 0 Å². The third-order valence-electron chi connectivity index (χ3n) is 4.15. The molecule has 1 saturated heterocycles. The van der Waals surface area contributed by atoms with Crippen LogP contribution in [0.5, 0.6) is 0 Å². The van der Waals surface area contributed by atoms with E-state index in [2.05, 4.69) is 15.1 Å². The average Bonchev–Trinajstić information content (AvgIpc) is 2.95. The molecule has 0 radical (unpaired) electrons. The van der Waals surface area contributed by atoms with Gasteiger partial charge in [0.05, 0.1) is 31.0 Å². The van der Waals surface area contributed by atoms with Gasteiger partial charge >= 0.3 is 0 Å². The smallest absolute Gasteiger partial charge is 0.276 e. The van der Waals surface area contributed by atoms with Crippen LogP contribution >= 0.6 is 0 Å². The van der Waals surface area contributed by atoms with Gasteiger partial charge in [0.15, 0.2) is 5.69 Å². The zero-order valence-electron chi connectivity index (χ0n) is 14.9. The second-order valence-corrected chi connectivity index (χ2v) is 6.09. The van der Waals surface area contributed by atoms with Crippen molar-refractivity contribution in [2.75, 3.05) is 26.8 Å². The van der Waals surface area contributed by atoms with Crippen molar-refractivity contribution in [2.45, 2.75) is 33.5 Å². The topological polar surface area (TPSA) is 90.6 Å². The number of rotatable bonds is 4. The monoisotopic (exact) mass is 346 g/mol. The van der Waals surface area contributed by atoms with Crippen molar-refractivity contribution >= 4 is 5.91 Å². The van der Waals surface area contributed by atoms with Gasteiger partial charge in [-0.05, 0) is 26.8 Å². The highest BCUT2D eigenvalue weighted by molar-refractivity contribution is 5.93. The molecule has 0 saturated carbocycles. The molecule has 1 aliphatic rings. The summed E-state index contributed by atoms with van der Waals surface area (Å²) in [6.07, 6.45) is -0.281. The van der Waals surface area contributed by atoms with Crippen LogP contribution in [0.15, 0.2) is 10.6 Å². The van der Waals surface area contributed by atoms with Crippen LogP contribution in [0, 0.1) is 20.8 Å². The minimum absolute atomic E-state index is 0.181. The second kappa shape index (κ2) is 7.28. The van der Waals surface area contributed by atoms with Gasteiger partial charge in [0.25, 0.3) is 5.91 Å². The van der Waals surface area contributed by atoms with Crippen molar-refractivity contribution in [1.29, 1.82) is 0 Å². The number of ether oxygens (including phenoxy) is 2. The van der Waals surface area contributed by atoms with Gasteiger partial charge in [-0.1, -0.05) is 5.16 Å². The van der Waals surface area contributed by atoms with Gasteiger partial charge < -0.3 is 18.9 Å². The quantitative estimate of drug-likeness (QED) is 0.833. The normalized spacial score (nSPS) is 17.8. The lowest BCUT2D eigenvalue weighted by Gasteiger charge is -2.32. The molecule has 0 N–H and O–H groups in total. The molecule has 25 heavy (non-hydrogen) atoms. The summed E-state index contributed by atoms with van der Waals surface area (Å²) >= 11 is 0. The van der Waals surface area contributed by atoms with E-state index in [4.69, 9.17) is 14.0 Å². The average molecular weight is 346 g/mol. The minimum Gasteiger partial charge on any atom is -0.380 e. The molecule has 8 heteroatoms. The van der Waals surface area contributed by atoms with Crippen molar-refractivity contribution in [3.8, 4) is 0 Å². The van der Waals surface area contributed by atoms with Crippen molar-refractivity contribution in [3.05, 3.63) is 40.3 Å². The summed E-state index contributed by atoms with van der Waals surface area (Å²) in [5.41, 5.74) is 2.65. The third kappa shape index (κ3) is 3.69. The van der Waals surface area contributed by atoms with Gasteiger partial charge in [0.1, 0.15) is 17.7 Å². The summed E-state index contributed by atoms with van der Waals surface area (Å²) in [7, 11) is 1.57. The Morgan fingerprint density at radius 3 is 2.88 bits per heavy atom. The van der Waals surface area contributed by atoms with E-state index < -0.39 is 0 Å². The van der Waals surface area contributed by atoms with Crippen LogP contribution in [0.1, 0.15) is 45.1 Å². The first kappa shape index (κ1) is 17.5. The van der Waals surface area contributed by atoms with E-state index in [1.165, 1.54) is 0 Å². The first-order chi connectivity index (χ1) is 12.0. The number of hydrogen-bond donors (Lipinski definition) is 0. The summed E-state index contributed by atoms with van der Waals surface area (Å²) in [6.45, 7) is 7.16. The highest BCUT2D eigenvalue weighted by Crippen LogP contribution is 2.24. The molecular weight excluding hydrogens is 324 g/mol. The number of morpholine rings is 1. The first-order valence-electron chi connectivity index (χ1n) is 8.16. The maximum Gasteiger partial charge on any atom is 0.276 e. The Balaban J connectivity index is 1.80. The number of aryl methyl sites for hydroxylation is 3. The maximum absolute atomic E-state index is 12.9. The third-order valence-corrected chi connectivity index (χ3v) is 4.15. The Kier molecular flexibility index (Phi) is 5.10. The molecular formula is C17H22N4O4. The number of carbonyl (C=O) groups is 1. The molecule has 2 aromatic rings. The second-order valence-electron chi connectivity index (χ2n) is 6.09. The molecule has 0 aromatic carbocycles. The SMILES string of the molecule is COCc1c(C(=O)N2CCOC(c3cc(C)nc(C)n3)C2)noc1C. The number of nitrogens with zero attached hydrogens (tertiary/aromatic N) is 4. The molecule has 1 amide bonds. The fourth-order valence-corrected chi connectivity index (χ4v) is 2.95. The first-order valence-corrected chi connectivity index (χ1v) is 8.16. The lowest BCUT2D eigenvalue weighted by Crippen LogP contribution is -2.43. The lowest BCUT2D eigenvalue weighted by atomic mass is 10.1. The molecule has 1 aliphatic heterocycles. The van der Waals surface area contributed by atoms with Crippen LogP contribution in [-0.2, 0) is 16.1 Å². The predicted octanol–water partition coefficient (Wildman–Crippen LogP) is 1.75. The van der Waals surface area contributed by atoms with Crippen LogP contribution in [0.25, 0.3) is 0 Å². The summed E-state index contributed by atoms with van der Waals surface area (Å²) in [6, 6.07) is 1.89. The predicted molar refractivity (Wildman–Crippen MR) is 88.1 cm³/mol. The molecule has 0 bridgehead atoms. The number of aromatic nitrogens is 3. The lowest BCUT2D eigenvalue weighted by molar-refractivity contribution is -0.0252. The maximum atomic E-state index is 12.9. The van der Waals surface area contributed by atoms with E-state index in [0.29, 0.717) is 42.5 Å². The summed E-state index contributed by atoms with van der Waals surface area (Å²) < 4.78 is 16.1. The van der Waals surface area contributed by atoms with Crippen molar-refractivity contribution < 1.29 is 18.8 Å². The van der Waals surface area contributed by atoms with E-state index in [1.54, 1.807) is 18.9 Å². The number of carbonyl (C=O) groups excluding carboxylic acids is 1. The van der Waals surface area contributed by atoms with Crippen molar-refractivity contribution in [3.63, 3.8) is 0 Å². The molecule has 134 valence electrons. The number of hydrogen-bond acceptors (Lipinski definition) is 7. The minimum atomic E-state index is -0.281. The standard InChI is InChI=1S/C17H22N4O4/c1-10-7-14(19-12(3)18-10)15-8-21(5-6-24-15)17(22)16-13(9-23-4)11(2)25-20-16/h7,15H,5-6,8-9H2,1-4H3. The number of methoxy groups -OCH3 is 1. The van der Waals surface area contributed by atoms with E-state index in [9.17, 15) is 4.79 Å². The van der Waals surface area contributed by atoms with Crippen molar-refractivity contribution in [1.82, 2.24) is 20.0 Å². The van der Waals surface area contributed by atoms with E-state index >= 15 is 0 Å². The molecule has 0 spiro atoms. The largest absolute Gasteiger partial charge is 0.380 e. The summed E-state index contributed by atoms with van der Waals surface area (Å²) in [4.78, 5) is 23.3. The van der Waals surface area contributed by atoms with Crippen LogP contribution < -0.4 is 0 Å². The van der Waals surface area contributed by atoms with Crippen LogP contribution in [-0.4, -0.2) is 52.7 Å². The Bertz CT molecular complexity index is 754. The fourth-order valence-electron chi connectivity index (χ4n) is 2.95. The zero-order valence-corrected chi connectivity index (χ0v) is 14.9. The van der Waals surface area contributed by atoms with Crippen LogP contribution in [0.2, 0.25) is 0 Å². The van der Waals surface area contributed by atoms with E-state index in [0.717, 1.165) is 11.4 Å². The van der Waals surface area contributed by atoms with E-state index in [1.807, 2.05) is 19.9 Å². The van der Waals surface area contributed by atoms with Gasteiger partial charge in [0, 0.05) is 19.3 Å². The highest BCUT2D eigenvalue weighted by Gasteiger charge is 2.30. The number of amides is 1. The molecule has 2 aromatic heterocycles. The van der Waals surface area contributed by atoms with Gasteiger partial charge in [-0.3, -0.25) is 4.79 Å². The Morgan fingerprint density at radius 1 is 1.36 bits per heavy atom. The molecule has 3 rings (SSSR count). The molecule has 1 unspecified atom stereocenters. The van der Waals surface area contributed by atoms with Crippen LogP contribution in [0.4, 0.5) is 0 Å². The van der Waals surface area contributed by atoms with Gasteiger partial charge in [-0.25, -0.2) is 9.97 Å². The molecule has 0 aliphatic carbocycles.